The van der Waals surface area contributed by atoms with Crippen molar-refractivity contribution < 1.29 is 4.79 Å². The van der Waals surface area contributed by atoms with Gasteiger partial charge in [-0.2, -0.15) is 0 Å². The van der Waals surface area contributed by atoms with Crippen molar-refractivity contribution in [1.29, 1.82) is 0 Å². The Morgan fingerprint density at radius 2 is 2.07 bits per heavy atom. The van der Waals surface area contributed by atoms with Crippen LogP contribution in [0.4, 0.5) is 5.69 Å². The SMILES string of the molecule is CC(=O)Nc1ccccc1C1CCC1. The summed E-state index contributed by atoms with van der Waals surface area (Å²) in [6, 6.07) is 8.11. The molecule has 0 unspecified atom stereocenters. The Kier molecular flexibility index (Phi) is 2.53. The number of nitrogens with one attached hydrogen (secondary N) is 1. The minimum Gasteiger partial charge on any atom is -0.326 e. The van der Waals surface area contributed by atoms with Gasteiger partial charge in [-0.1, -0.05) is 24.6 Å². The lowest BCUT2D eigenvalue weighted by atomic mass is 9.79. The monoisotopic (exact) mass is 189 g/mol. The number of carbonyl (C=O) groups is 1. The minimum atomic E-state index is 0.0109. The third-order valence-corrected chi connectivity index (χ3v) is 2.82. The molecule has 1 fully saturated rings. The third kappa shape index (κ3) is 1.79. The van der Waals surface area contributed by atoms with Crippen molar-refractivity contribution in [2.45, 2.75) is 32.1 Å². The van der Waals surface area contributed by atoms with E-state index >= 15 is 0 Å². The average Bonchev–Trinajstić information content (AvgIpc) is 2.04. The molecular formula is C12H15NO. The number of hydrogen-bond donors (Lipinski definition) is 1. The van der Waals surface area contributed by atoms with Gasteiger partial charge < -0.3 is 5.32 Å². The van der Waals surface area contributed by atoms with E-state index in [0.717, 1.165) is 5.69 Å². The molecule has 1 aliphatic rings. The van der Waals surface area contributed by atoms with Crippen molar-refractivity contribution >= 4 is 11.6 Å². The van der Waals surface area contributed by atoms with E-state index in [1.165, 1.54) is 24.8 Å². The molecule has 0 aliphatic heterocycles. The molecule has 1 aromatic carbocycles. The fourth-order valence-corrected chi connectivity index (χ4v) is 1.88. The average molecular weight is 189 g/mol. The number of para-hydroxylation sites is 1. The molecule has 0 bridgehead atoms. The third-order valence-electron chi connectivity index (χ3n) is 2.82. The van der Waals surface area contributed by atoms with Gasteiger partial charge in [-0.3, -0.25) is 4.79 Å². The van der Waals surface area contributed by atoms with Crippen LogP contribution < -0.4 is 5.32 Å². The molecule has 74 valence electrons. The summed E-state index contributed by atoms with van der Waals surface area (Å²) >= 11 is 0. The largest absolute Gasteiger partial charge is 0.326 e. The van der Waals surface area contributed by atoms with Gasteiger partial charge in [0.25, 0.3) is 0 Å². The number of anilines is 1. The minimum absolute atomic E-state index is 0.0109. The van der Waals surface area contributed by atoms with Gasteiger partial charge in [-0.25, -0.2) is 0 Å². The first-order chi connectivity index (χ1) is 6.77. The van der Waals surface area contributed by atoms with Crippen LogP contribution in [0.3, 0.4) is 0 Å². The summed E-state index contributed by atoms with van der Waals surface area (Å²) in [7, 11) is 0. The second-order valence-electron chi connectivity index (χ2n) is 3.90. The second kappa shape index (κ2) is 3.82. The molecule has 0 aromatic heterocycles. The molecule has 0 spiro atoms. The van der Waals surface area contributed by atoms with Gasteiger partial charge in [0.2, 0.25) is 5.91 Å². The Morgan fingerprint density at radius 1 is 1.36 bits per heavy atom. The topological polar surface area (TPSA) is 29.1 Å². The van der Waals surface area contributed by atoms with E-state index in [1.54, 1.807) is 6.92 Å². The number of benzene rings is 1. The van der Waals surface area contributed by atoms with Gasteiger partial charge in [0.1, 0.15) is 0 Å². The summed E-state index contributed by atoms with van der Waals surface area (Å²) in [5.41, 5.74) is 2.29. The van der Waals surface area contributed by atoms with Crippen molar-refractivity contribution in [2.75, 3.05) is 5.32 Å². The standard InChI is InChI=1S/C12H15NO/c1-9(14)13-12-8-3-2-7-11(12)10-5-4-6-10/h2-3,7-8,10H,4-6H2,1H3,(H,13,14). The zero-order valence-corrected chi connectivity index (χ0v) is 8.42. The second-order valence-corrected chi connectivity index (χ2v) is 3.90. The molecule has 14 heavy (non-hydrogen) atoms. The van der Waals surface area contributed by atoms with E-state index < -0.39 is 0 Å². The number of carbonyl (C=O) groups excluding carboxylic acids is 1. The zero-order valence-electron chi connectivity index (χ0n) is 8.42. The van der Waals surface area contributed by atoms with Crippen LogP contribution in [0.25, 0.3) is 0 Å². The Morgan fingerprint density at radius 3 is 2.64 bits per heavy atom. The van der Waals surface area contributed by atoms with Gasteiger partial charge in [-0.05, 0) is 30.4 Å². The number of hydrogen-bond acceptors (Lipinski definition) is 1. The van der Waals surface area contributed by atoms with Crippen LogP contribution in [0, 0.1) is 0 Å². The van der Waals surface area contributed by atoms with E-state index in [4.69, 9.17) is 0 Å². The van der Waals surface area contributed by atoms with Crippen molar-refractivity contribution in [3.05, 3.63) is 29.8 Å². The Labute approximate surface area is 84.3 Å². The summed E-state index contributed by atoms with van der Waals surface area (Å²) in [5, 5.41) is 2.88. The van der Waals surface area contributed by atoms with Gasteiger partial charge in [0.05, 0.1) is 0 Å². The fraction of sp³-hybridized carbons (Fsp3) is 0.417. The molecule has 0 radical (unpaired) electrons. The highest BCUT2D eigenvalue weighted by Gasteiger charge is 2.21. The van der Waals surface area contributed by atoms with Gasteiger partial charge >= 0.3 is 0 Å². The molecule has 1 aliphatic carbocycles. The van der Waals surface area contributed by atoms with Crippen LogP contribution in [0.15, 0.2) is 24.3 Å². The number of amides is 1. The molecule has 1 saturated carbocycles. The van der Waals surface area contributed by atoms with Crippen molar-refractivity contribution in [1.82, 2.24) is 0 Å². The summed E-state index contributed by atoms with van der Waals surface area (Å²) < 4.78 is 0. The smallest absolute Gasteiger partial charge is 0.221 e. The highest BCUT2D eigenvalue weighted by Crippen LogP contribution is 2.39. The Bertz CT molecular complexity index is 342. The van der Waals surface area contributed by atoms with Crippen molar-refractivity contribution in [2.24, 2.45) is 0 Å². The van der Waals surface area contributed by atoms with Crippen molar-refractivity contribution in [3.63, 3.8) is 0 Å². The quantitative estimate of drug-likeness (QED) is 0.761. The molecule has 0 saturated heterocycles. The summed E-state index contributed by atoms with van der Waals surface area (Å²) in [6.45, 7) is 1.55. The normalized spacial score (nSPS) is 16.1. The highest BCUT2D eigenvalue weighted by atomic mass is 16.1. The van der Waals surface area contributed by atoms with Crippen LogP contribution >= 0.6 is 0 Å². The first-order valence-corrected chi connectivity index (χ1v) is 5.14. The van der Waals surface area contributed by atoms with Gasteiger partial charge in [0.15, 0.2) is 0 Å². The van der Waals surface area contributed by atoms with E-state index in [0.29, 0.717) is 5.92 Å². The van der Waals surface area contributed by atoms with Crippen LogP contribution in [0.1, 0.15) is 37.7 Å². The highest BCUT2D eigenvalue weighted by molar-refractivity contribution is 5.89. The molecule has 0 atom stereocenters. The van der Waals surface area contributed by atoms with E-state index in [9.17, 15) is 4.79 Å². The van der Waals surface area contributed by atoms with Crippen molar-refractivity contribution in [3.8, 4) is 0 Å². The summed E-state index contributed by atoms with van der Waals surface area (Å²) in [4.78, 5) is 11.0. The van der Waals surface area contributed by atoms with Gasteiger partial charge in [0, 0.05) is 12.6 Å². The molecule has 2 rings (SSSR count). The van der Waals surface area contributed by atoms with Crippen LogP contribution in [0.2, 0.25) is 0 Å². The number of rotatable bonds is 2. The molecule has 2 heteroatoms. The lowest BCUT2D eigenvalue weighted by molar-refractivity contribution is -0.114. The van der Waals surface area contributed by atoms with Crippen LogP contribution in [-0.2, 0) is 4.79 Å². The summed E-state index contributed by atoms with van der Waals surface area (Å²) in [5.74, 6) is 0.676. The Balaban J connectivity index is 2.23. The van der Waals surface area contributed by atoms with E-state index in [-0.39, 0.29) is 5.91 Å². The van der Waals surface area contributed by atoms with Gasteiger partial charge in [-0.15, -0.1) is 0 Å². The maximum absolute atomic E-state index is 11.0. The maximum Gasteiger partial charge on any atom is 0.221 e. The molecule has 0 heterocycles. The lowest BCUT2D eigenvalue weighted by Crippen LogP contribution is -2.14. The predicted molar refractivity (Wildman–Crippen MR) is 57.3 cm³/mol. The molecule has 1 aromatic rings. The molecule has 1 N–H and O–H groups in total. The van der Waals surface area contributed by atoms with Crippen LogP contribution in [0.5, 0.6) is 0 Å². The lowest BCUT2D eigenvalue weighted by Gasteiger charge is -2.27. The Hall–Kier alpha value is -1.31. The van der Waals surface area contributed by atoms with E-state index in [2.05, 4.69) is 11.4 Å². The maximum atomic E-state index is 11.0. The molecule has 2 nitrogen and oxygen atoms in total. The predicted octanol–water partition coefficient (Wildman–Crippen LogP) is 2.91. The molecular weight excluding hydrogens is 174 g/mol. The fourth-order valence-electron chi connectivity index (χ4n) is 1.88. The van der Waals surface area contributed by atoms with E-state index in [1.807, 2.05) is 18.2 Å². The van der Waals surface area contributed by atoms with Crippen LogP contribution in [-0.4, -0.2) is 5.91 Å². The zero-order chi connectivity index (χ0) is 9.97. The first kappa shape index (κ1) is 9.25. The molecule has 1 amide bonds. The first-order valence-electron chi connectivity index (χ1n) is 5.14. The summed E-state index contributed by atoms with van der Waals surface area (Å²) in [6.07, 6.45) is 3.84.